The lowest BCUT2D eigenvalue weighted by Gasteiger charge is -2.35. The van der Waals surface area contributed by atoms with Crippen molar-refractivity contribution in [3.05, 3.63) is 23.8 Å². The molecule has 3 atom stereocenters. The fourth-order valence-electron chi connectivity index (χ4n) is 2.56. The van der Waals surface area contributed by atoms with Gasteiger partial charge in [0.25, 0.3) is 0 Å². The second-order valence-electron chi connectivity index (χ2n) is 5.01. The summed E-state index contributed by atoms with van der Waals surface area (Å²) in [6.07, 6.45) is -0.0975. The summed E-state index contributed by atoms with van der Waals surface area (Å²) in [5.74, 6) is 1.08. The van der Waals surface area contributed by atoms with Crippen LogP contribution in [-0.2, 0) is 9.53 Å². The number of nitrogens with one attached hydrogen (secondary N) is 1. The van der Waals surface area contributed by atoms with Crippen LogP contribution in [0.5, 0.6) is 11.5 Å². The van der Waals surface area contributed by atoms with E-state index in [0.717, 1.165) is 5.56 Å². The van der Waals surface area contributed by atoms with Crippen LogP contribution < -0.4 is 14.8 Å². The first-order valence-electron chi connectivity index (χ1n) is 6.87. The molecular formula is C15H21NO5. The number of ether oxygens (including phenoxy) is 3. The molecule has 0 saturated carbocycles. The van der Waals surface area contributed by atoms with E-state index in [9.17, 15) is 9.90 Å². The Balaban J connectivity index is 2.28. The average molecular weight is 295 g/mol. The molecule has 0 radical (unpaired) electrons. The van der Waals surface area contributed by atoms with E-state index in [0.29, 0.717) is 24.3 Å². The monoisotopic (exact) mass is 295 g/mol. The average Bonchev–Trinajstić information content (AvgIpc) is 2.48. The van der Waals surface area contributed by atoms with Gasteiger partial charge in [-0.3, -0.25) is 4.79 Å². The van der Waals surface area contributed by atoms with Crippen molar-refractivity contribution < 1.29 is 24.1 Å². The highest BCUT2D eigenvalue weighted by atomic mass is 16.6. The summed E-state index contributed by atoms with van der Waals surface area (Å²) < 4.78 is 16.1. The molecule has 0 bridgehead atoms. The number of methoxy groups -OCH3 is 2. The van der Waals surface area contributed by atoms with Gasteiger partial charge in [0.05, 0.1) is 20.3 Å². The number of hydrogen-bond donors (Lipinski definition) is 2. The molecule has 0 aromatic heterocycles. The van der Waals surface area contributed by atoms with E-state index in [1.807, 2.05) is 6.07 Å². The zero-order valence-corrected chi connectivity index (χ0v) is 12.5. The minimum atomic E-state index is -0.826. The number of aliphatic hydroxyl groups excluding tert-OH is 1. The van der Waals surface area contributed by atoms with Gasteiger partial charge in [0.1, 0.15) is 6.10 Å². The van der Waals surface area contributed by atoms with E-state index >= 15 is 0 Å². The third-order valence-corrected chi connectivity index (χ3v) is 3.52. The molecule has 1 fully saturated rings. The van der Waals surface area contributed by atoms with Gasteiger partial charge in [-0.1, -0.05) is 6.07 Å². The summed E-state index contributed by atoms with van der Waals surface area (Å²) in [5, 5.41) is 12.6. The van der Waals surface area contributed by atoms with E-state index in [-0.39, 0.29) is 11.9 Å². The highest BCUT2D eigenvalue weighted by Gasteiger charge is 2.32. The molecule has 1 amide bonds. The second kappa shape index (κ2) is 6.78. The topological polar surface area (TPSA) is 77.0 Å². The molecule has 2 N–H and O–H groups in total. The molecule has 116 valence electrons. The Morgan fingerprint density at radius 3 is 2.62 bits per heavy atom. The SMILES string of the molecule is COc1ccc(C2OC(O)CCC2NC(C)=O)cc1OC. The van der Waals surface area contributed by atoms with Gasteiger partial charge in [-0.2, -0.15) is 0 Å². The molecule has 21 heavy (non-hydrogen) atoms. The quantitative estimate of drug-likeness (QED) is 0.877. The minimum Gasteiger partial charge on any atom is -0.493 e. The molecular weight excluding hydrogens is 274 g/mol. The fraction of sp³-hybridized carbons (Fsp3) is 0.533. The van der Waals surface area contributed by atoms with Crippen LogP contribution in [0.15, 0.2) is 18.2 Å². The Bertz CT molecular complexity index is 505. The van der Waals surface area contributed by atoms with Crippen LogP contribution in [0, 0.1) is 0 Å². The Morgan fingerprint density at radius 2 is 2.00 bits per heavy atom. The van der Waals surface area contributed by atoms with Crippen molar-refractivity contribution >= 4 is 5.91 Å². The molecule has 1 saturated heterocycles. The number of benzene rings is 1. The summed E-state index contributed by atoms with van der Waals surface area (Å²) in [6, 6.07) is 5.25. The lowest BCUT2D eigenvalue weighted by Crippen LogP contribution is -2.44. The summed E-state index contributed by atoms with van der Waals surface area (Å²) in [6.45, 7) is 1.47. The van der Waals surface area contributed by atoms with Gasteiger partial charge in [0.2, 0.25) is 5.91 Å². The van der Waals surface area contributed by atoms with E-state index in [1.165, 1.54) is 6.92 Å². The Kier molecular flexibility index (Phi) is 5.03. The number of carbonyl (C=O) groups is 1. The number of hydrogen-bond acceptors (Lipinski definition) is 5. The third kappa shape index (κ3) is 3.65. The van der Waals surface area contributed by atoms with Crippen LogP contribution in [0.1, 0.15) is 31.4 Å². The van der Waals surface area contributed by atoms with Crippen molar-refractivity contribution in [3.8, 4) is 11.5 Å². The van der Waals surface area contributed by atoms with Gasteiger partial charge in [-0.05, 0) is 24.1 Å². The molecule has 1 aromatic rings. The Labute approximate surface area is 124 Å². The van der Waals surface area contributed by atoms with Crippen molar-refractivity contribution in [3.63, 3.8) is 0 Å². The molecule has 1 aliphatic heterocycles. The van der Waals surface area contributed by atoms with Crippen LogP contribution in [-0.4, -0.2) is 37.6 Å². The van der Waals surface area contributed by atoms with E-state index < -0.39 is 12.4 Å². The van der Waals surface area contributed by atoms with Gasteiger partial charge in [0.15, 0.2) is 17.8 Å². The van der Waals surface area contributed by atoms with Crippen molar-refractivity contribution in [1.82, 2.24) is 5.32 Å². The molecule has 1 heterocycles. The van der Waals surface area contributed by atoms with Crippen molar-refractivity contribution in [2.45, 2.75) is 38.2 Å². The van der Waals surface area contributed by atoms with E-state index in [1.54, 1.807) is 26.4 Å². The van der Waals surface area contributed by atoms with Crippen LogP contribution in [0.3, 0.4) is 0 Å². The predicted octanol–water partition coefficient (Wildman–Crippen LogP) is 1.38. The van der Waals surface area contributed by atoms with Crippen molar-refractivity contribution in [2.24, 2.45) is 0 Å². The van der Waals surface area contributed by atoms with Gasteiger partial charge in [-0.15, -0.1) is 0 Å². The summed E-state index contributed by atoms with van der Waals surface area (Å²) in [7, 11) is 3.13. The van der Waals surface area contributed by atoms with Gasteiger partial charge in [-0.25, -0.2) is 0 Å². The molecule has 1 aromatic carbocycles. The third-order valence-electron chi connectivity index (χ3n) is 3.52. The lowest BCUT2D eigenvalue weighted by molar-refractivity contribution is -0.176. The number of aliphatic hydroxyl groups is 1. The zero-order chi connectivity index (χ0) is 15.4. The van der Waals surface area contributed by atoms with Gasteiger partial charge in [0, 0.05) is 13.3 Å². The van der Waals surface area contributed by atoms with Crippen LogP contribution in [0.4, 0.5) is 0 Å². The van der Waals surface area contributed by atoms with Crippen molar-refractivity contribution in [1.29, 1.82) is 0 Å². The highest BCUT2D eigenvalue weighted by molar-refractivity contribution is 5.73. The molecule has 3 unspecified atom stereocenters. The Hall–Kier alpha value is -1.79. The summed E-state index contributed by atoms with van der Waals surface area (Å²) >= 11 is 0. The fourth-order valence-corrected chi connectivity index (χ4v) is 2.56. The van der Waals surface area contributed by atoms with Crippen LogP contribution in [0.25, 0.3) is 0 Å². The summed E-state index contributed by atoms with van der Waals surface area (Å²) in [5.41, 5.74) is 0.824. The maximum Gasteiger partial charge on any atom is 0.217 e. The largest absolute Gasteiger partial charge is 0.493 e. The van der Waals surface area contributed by atoms with E-state index in [4.69, 9.17) is 14.2 Å². The molecule has 6 heteroatoms. The van der Waals surface area contributed by atoms with Crippen molar-refractivity contribution in [2.75, 3.05) is 14.2 Å². The standard InChI is InChI=1S/C15H21NO5/c1-9(17)16-11-5-7-14(18)21-15(11)10-4-6-12(19-2)13(8-10)20-3/h4,6,8,11,14-15,18H,5,7H2,1-3H3,(H,16,17). The number of rotatable bonds is 4. The molecule has 0 spiro atoms. The highest BCUT2D eigenvalue weighted by Crippen LogP contribution is 2.36. The Morgan fingerprint density at radius 1 is 1.29 bits per heavy atom. The minimum absolute atomic E-state index is 0.120. The van der Waals surface area contributed by atoms with Gasteiger partial charge >= 0.3 is 0 Å². The smallest absolute Gasteiger partial charge is 0.217 e. The lowest BCUT2D eigenvalue weighted by atomic mass is 9.95. The molecule has 1 aliphatic rings. The van der Waals surface area contributed by atoms with Gasteiger partial charge < -0.3 is 24.6 Å². The first kappa shape index (κ1) is 15.6. The molecule has 0 aliphatic carbocycles. The number of carbonyl (C=O) groups excluding carboxylic acids is 1. The predicted molar refractivity (Wildman–Crippen MR) is 76.2 cm³/mol. The first-order chi connectivity index (χ1) is 10.0. The van der Waals surface area contributed by atoms with Crippen LogP contribution in [0.2, 0.25) is 0 Å². The normalized spacial score (nSPS) is 25.2. The molecule has 6 nitrogen and oxygen atoms in total. The summed E-state index contributed by atoms with van der Waals surface area (Å²) in [4.78, 5) is 11.3. The number of amides is 1. The maximum atomic E-state index is 11.3. The second-order valence-corrected chi connectivity index (χ2v) is 5.01. The first-order valence-corrected chi connectivity index (χ1v) is 6.87. The molecule has 2 rings (SSSR count). The zero-order valence-electron chi connectivity index (χ0n) is 12.5. The van der Waals surface area contributed by atoms with E-state index in [2.05, 4.69) is 5.32 Å². The maximum absolute atomic E-state index is 11.3. The van der Waals surface area contributed by atoms with Crippen LogP contribution >= 0.6 is 0 Å².